The van der Waals surface area contributed by atoms with Crippen LogP contribution < -0.4 is 19.7 Å². The summed E-state index contributed by atoms with van der Waals surface area (Å²) in [5, 5.41) is 4.70. The van der Waals surface area contributed by atoms with Crippen LogP contribution in [-0.2, 0) is 0 Å². The second kappa shape index (κ2) is 8.10. The van der Waals surface area contributed by atoms with Gasteiger partial charge in [0, 0.05) is 28.5 Å². The summed E-state index contributed by atoms with van der Waals surface area (Å²) in [5.74, 6) is 2.93. The van der Waals surface area contributed by atoms with Crippen LogP contribution in [0.25, 0.3) is 11.3 Å². The SMILES string of the molecule is S=C1N[C@@H](c2ccccn2)[C@@H](c2ccc(-c3ccc(Cl)cc3)o2)N1c1ccc2c(c1)OCO2. The van der Waals surface area contributed by atoms with Crippen molar-refractivity contribution < 1.29 is 13.9 Å². The molecule has 0 amide bonds. The molecule has 0 unspecified atom stereocenters. The second-order valence-corrected chi connectivity index (χ2v) is 8.57. The van der Waals surface area contributed by atoms with Gasteiger partial charge in [0.25, 0.3) is 0 Å². The van der Waals surface area contributed by atoms with Crippen molar-refractivity contribution in [3.8, 4) is 22.8 Å². The fraction of sp³-hybridized carbons (Fsp3) is 0.120. The van der Waals surface area contributed by atoms with Gasteiger partial charge in [-0.3, -0.25) is 4.98 Å². The van der Waals surface area contributed by atoms with Gasteiger partial charge in [-0.25, -0.2) is 0 Å². The van der Waals surface area contributed by atoms with E-state index in [1.807, 2.05) is 77.7 Å². The predicted octanol–water partition coefficient (Wildman–Crippen LogP) is 5.90. The van der Waals surface area contributed by atoms with Crippen molar-refractivity contribution >= 4 is 34.6 Å². The van der Waals surface area contributed by atoms with Crippen molar-refractivity contribution in [3.05, 3.63) is 95.5 Å². The van der Waals surface area contributed by atoms with Crippen LogP contribution in [-0.4, -0.2) is 16.9 Å². The molecule has 2 aliphatic heterocycles. The van der Waals surface area contributed by atoms with Crippen LogP contribution in [0.1, 0.15) is 23.5 Å². The van der Waals surface area contributed by atoms with Crippen LogP contribution in [0.5, 0.6) is 11.5 Å². The Bertz CT molecular complexity index is 1330. The molecule has 6 nitrogen and oxygen atoms in total. The van der Waals surface area contributed by atoms with E-state index >= 15 is 0 Å². The first kappa shape index (κ1) is 20.1. The highest BCUT2D eigenvalue weighted by Crippen LogP contribution is 2.45. The summed E-state index contributed by atoms with van der Waals surface area (Å²) in [6.45, 7) is 0.212. The van der Waals surface area contributed by atoms with E-state index in [0.717, 1.165) is 34.2 Å². The van der Waals surface area contributed by atoms with E-state index in [9.17, 15) is 0 Å². The first-order valence-corrected chi connectivity index (χ1v) is 11.2. The number of benzene rings is 2. The van der Waals surface area contributed by atoms with Gasteiger partial charge < -0.3 is 24.1 Å². The average molecular weight is 476 g/mol. The zero-order chi connectivity index (χ0) is 22.4. The number of aromatic nitrogens is 1. The summed E-state index contributed by atoms with van der Waals surface area (Å²) in [4.78, 5) is 6.62. The van der Waals surface area contributed by atoms with Gasteiger partial charge in [-0.15, -0.1) is 0 Å². The van der Waals surface area contributed by atoms with Crippen LogP contribution in [0.15, 0.2) is 83.4 Å². The first-order valence-electron chi connectivity index (χ1n) is 10.4. The van der Waals surface area contributed by atoms with Gasteiger partial charge in [-0.05, 0) is 72.9 Å². The number of halogens is 1. The number of furan rings is 1. The highest BCUT2D eigenvalue weighted by molar-refractivity contribution is 7.80. The molecule has 4 aromatic rings. The summed E-state index contributed by atoms with van der Waals surface area (Å²) in [6, 6.07) is 22.7. The number of anilines is 1. The molecule has 0 aliphatic carbocycles. The van der Waals surface area contributed by atoms with Crippen molar-refractivity contribution in [3.63, 3.8) is 0 Å². The Labute approximate surface area is 200 Å². The zero-order valence-corrected chi connectivity index (χ0v) is 18.8. The summed E-state index contributed by atoms with van der Waals surface area (Å²) < 4.78 is 17.4. The molecule has 2 aliphatic rings. The lowest BCUT2D eigenvalue weighted by molar-refractivity contribution is 0.174. The van der Waals surface area contributed by atoms with Crippen molar-refractivity contribution in [1.29, 1.82) is 0 Å². The minimum Gasteiger partial charge on any atom is -0.459 e. The van der Waals surface area contributed by atoms with E-state index in [-0.39, 0.29) is 18.9 Å². The number of nitrogens with one attached hydrogen (secondary N) is 1. The Morgan fingerprint density at radius 2 is 1.82 bits per heavy atom. The number of hydrogen-bond donors (Lipinski definition) is 1. The number of pyridine rings is 1. The molecule has 1 fully saturated rings. The molecule has 0 spiro atoms. The smallest absolute Gasteiger partial charge is 0.231 e. The van der Waals surface area contributed by atoms with Gasteiger partial charge in [0.2, 0.25) is 6.79 Å². The maximum Gasteiger partial charge on any atom is 0.231 e. The molecule has 4 heterocycles. The number of rotatable bonds is 4. The van der Waals surface area contributed by atoms with Crippen molar-refractivity contribution in [1.82, 2.24) is 10.3 Å². The number of thiocarbonyl (C=S) groups is 1. The monoisotopic (exact) mass is 475 g/mol. The number of ether oxygens (including phenoxy) is 2. The third-order valence-corrected chi connectivity index (χ3v) is 6.35. The molecular weight excluding hydrogens is 458 g/mol. The minimum atomic E-state index is -0.256. The van der Waals surface area contributed by atoms with Crippen molar-refractivity contribution in [2.24, 2.45) is 0 Å². The summed E-state index contributed by atoms with van der Waals surface area (Å²) in [5.41, 5.74) is 2.70. The highest BCUT2D eigenvalue weighted by Gasteiger charge is 2.43. The number of nitrogens with zero attached hydrogens (tertiary/aromatic N) is 2. The summed E-state index contributed by atoms with van der Waals surface area (Å²) in [6.07, 6.45) is 1.78. The first-order chi connectivity index (χ1) is 16.2. The molecule has 1 saturated heterocycles. The molecule has 33 heavy (non-hydrogen) atoms. The lowest BCUT2D eigenvalue weighted by Gasteiger charge is -2.26. The molecule has 0 radical (unpaired) electrons. The highest BCUT2D eigenvalue weighted by atomic mass is 35.5. The normalized spacial score (nSPS) is 19.1. The largest absolute Gasteiger partial charge is 0.459 e. The number of hydrogen-bond acceptors (Lipinski definition) is 5. The quantitative estimate of drug-likeness (QED) is 0.369. The molecular formula is C25H18ClN3O3S. The van der Waals surface area contributed by atoms with Gasteiger partial charge in [0.05, 0.1) is 11.7 Å². The van der Waals surface area contributed by atoms with E-state index in [2.05, 4.69) is 10.3 Å². The van der Waals surface area contributed by atoms with Gasteiger partial charge >= 0.3 is 0 Å². The van der Waals surface area contributed by atoms with Gasteiger partial charge in [0.1, 0.15) is 17.6 Å². The Kier molecular flexibility index (Phi) is 4.93. The Morgan fingerprint density at radius 3 is 2.64 bits per heavy atom. The van der Waals surface area contributed by atoms with Gasteiger partial charge in [-0.1, -0.05) is 17.7 Å². The summed E-state index contributed by atoms with van der Waals surface area (Å²) >= 11 is 11.8. The third kappa shape index (κ3) is 3.59. The Morgan fingerprint density at radius 1 is 0.970 bits per heavy atom. The van der Waals surface area contributed by atoms with Crippen LogP contribution in [0.3, 0.4) is 0 Å². The molecule has 164 valence electrons. The van der Waals surface area contributed by atoms with Crippen LogP contribution in [0.4, 0.5) is 5.69 Å². The molecule has 1 N–H and O–H groups in total. The average Bonchev–Trinajstić information content (AvgIpc) is 3.58. The van der Waals surface area contributed by atoms with E-state index in [4.69, 9.17) is 37.7 Å². The van der Waals surface area contributed by atoms with Gasteiger partial charge in [-0.2, -0.15) is 0 Å². The zero-order valence-electron chi connectivity index (χ0n) is 17.3. The Balaban J connectivity index is 1.44. The molecule has 2 aromatic carbocycles. The lowest BCUT2D eigenvalue weighted by atomic mass is 10.0. The topological polar surface area (TPSA) is 59.8 Å². The second-order valence-electron chi connectivity index (χ2n) is 7.74. The maximum atomic E-state index is 6.37. The van der Waals surface area contributed by atoms with E-state index < -0.39 is 0 Å². The lowest BCUT2D eigenvalue weighted by Crippen LogP contribution is -2.29. The van der Waals surface area contributed by atoms with Crippen molar-refractivity contribution in [2.75, 3.05) is 11.7 Å². The fourth-order valence-corrected chi connectivity index (χ4v) is 4.71. The third-order valence-electron chi connectivity index (χ3n) is 5.78. The van der Waals surface area contributed by atoms with Crippen LogP contribution >= 0.6 is 23.8 Å². The van der Waals surface area contributed by atoms with E-state index in [1.54, 1.807) is 6.20 Å². The maximum absolute atomic E-state index is 6.37. The minimum absolute atomic E-state index is 0.201. The summed E-state index contributed by atoms with van der Waals surface area (Å²) in [7, 11) is 0. The molecule has 6 rings (SSSR count). The molecule has 8 heteroatoms. The Hall–Kier alpha value is -3.55. The number of fused-ring (bicyclic) bond motifs is 1. The van der Waals surface area contributed by atoms with Crippen LogP contribution in [0.2, 0.25) is 5.02 Å². The molecule has 2 atom stereocenters. The van der Waals surface area contributed by atoms with Crippen LogP contribution in [0, 0.1) is 0 Å². The van der Waals surface area contributed by atoms with E-state index in [1.165, 1.54) is 0 Å². The molecule has 0 saturated carbocycles. The van der Waals surface area contributed by atoms with Crippen molar-refractivity contribution in [2.45, 2.75) is 12.1 Å². The standard InChI is InChI=1S/C25H18ClN3O3S/c26-16-6-4-15(5-7-16)19-10-11-21(32-19)24-23(18-3-1-2-12-27-18)28-25(33)29(24)17-8-9-20-22(13-17)31-14-30-20/h1-13,23-24H,14H2,(H,28,33)/t23-,24+/m0/s1. The molecule has 2 aromatic heterocycles. The fourth-order valence-electron chi connectivity index (χ4n) is 4.24. The molecule has 0 bridgehead atoms. The van der Waals surface area contributed by atoms with Gasteiger partial charge in [0.15, 0.2) is 16.6 Å². The predicted molar refractivity (Wildman–Crippen MR) is 130 cm³/mol. The van der Waals surface area contributed by atoms with E-state index in [0.29, 0.717) is 15.9 Å².